The van der Waals surface area contributed by atoms with Crippen molar-refractivity contribution < 1.29 is 18.4 Å². The summed E-state index contributed by atoms with van der Waals surface area (Å²) in [5, 5.41) is 9.51. The fourth-order valence-corrected chi connectivity index (χ4v) is 5.44. The van der Waals surface area contributed by atoms with Crippen molar-refractivity contribution in [2.24, 2.45) is 5.92 Å². The van der Waals surface area contributed by atoms with Gasteiger partial charge in [-0.05, 0) is 48.9 Å². The van der Waals surface area contributed by atoms with Gasteiger partial charge in [0.1, 0.15) is 17.9 Å². The van der Waals surface area contributed by atoms with Crippen molar-refractivity contribution in [3.63, 3.8) is 0 Å². The molecule has 0 bridgehead atoms. The summed E-state index contributed by atoms with van der Waals surface area (Å²) in [7, 11) is 1.56. The number of carbonyl (C=O) groups excluding carboxylic acids is 1. The molecule has 4 heterocycles. The lowest BCUT2D eigenvalue weighted by atomic mass is 10.0. The van der Waals surface area contributed by atoms with Crippen LogP contribution in [-0.2, 0) is 16.0 Å². The zero-order valence-corrected chi connectivity index (χ0v) is 20.6. The molecule has 5 rings (SSSR count). The second kappa shape index (κ2) is 10.0. The number of hydrogen-bond acceptors (Lipinski definition) is 7. The van der Waals surface area contributed by atoms with E-state index in [1.807, 2.05) is 24.8 Å². The van der Waals surface area contributed by atoms with Crippen LogP contribution in [0.25, 0.3) is 16.9 Å². The van der Waals surface area contributed by atoms with Gasteiger partial charge in [-0.25, -0.2) is 4.39 Å². The van der Waals surface area contributed by atoms with E-state index >= 15 is 0 Å². The predicted molar refractivity (Wildman–Crippen MR) is 128 cm³/mol. The molecule has 2 aliphatic heterocycles. The first-order chi connectivity index (χ1) is 16.9. The van der Waals surface area contributed by atoms with E-state index in [2.05, 4.69) is 20.1 Å². The minimum absolute atomic E-state index is 0.0720. The lowest BCUT2D eigenvalue weighted by Gasteiger charge is -2.36. The number of ether oxygens (including phenoxy) is 1. The second-order valence-electron chi connectivity index (χ2n) is 9.97. The van der Waals surface area contributed by atoms with Gasteiger partial charge in [-0.3, -0.25) is 9.69 Å². The lowest BCUT2D eigenvalue weighted by Crippen LogP contribution is -2.47. The van der Waals surface area contributed by atoms with Crippen LogP contribution in [0.2, 0.25) is 0 Å². The highest BCUT2D eigenvalue weighted by Gasteiger charge is 2.32. The molecule has 0 radical (unpaired) electrons. The van der Waals surface area contributed by atoms with E-state index in [0.717, 1.165) is 56.5 Å². The fraction of sp³-hybridized carbons (Fsp3) is 0.600. The first-order valence-corrected chi connectivity index (χ1v) is 12.5. The molecule has 3 aromatic rings. The summed E-state index contributed by atoms with van der Waals surface area (Å²) in [5.41, 5.74) is 1.19. The van der Waals surface area contributed by atoms with Crippen molar-refractivity contribution in [3.05, 3.63) is 35.6 Å². The number of fused-ring (bicyclic) bond motifs is 1. The van der Waals surface area contributed by atoms with Gasteiger partial charge in [0.05, 0.1) is 5.69 Å². The molecule has 1 unspecified atom stereocenters. The van der Waals surface area contributed by atoms with Crippen molar-refractivity contribution in [2.45, 2.75) is 51.5 Å². The molecule has 188 valence electrons. The number of halogens is 1. The number of para-hydroxylation sites is 1. The summed E-state index contributed by atoms with van der Waals surface area (Å²) in [6.07, 6.45) is 3.73. The smallest absolute Gasteiger partial charge is 0.291 e. The lowest BCUT2D eigenvalue weighted by molar-refractivity contribution is -0.136. The summed E-state index contributed by atoms with van der Waals surface area (Å²) in [6.45, 7) is 7.81. The number of rotatable bonds is 7. The number of benzene rings is 1. The number of nitrogens with zero attached hydrogens (tertiary/aromatic N) is 6. The topological polar surface area (TPSA) is 89.5 Å². The molecule has 1 aromatic carbocycles. The fourth-order valence-electron chi connectivity index (χ4n) is 5.44. The van der Waals surface area contributed by atoms with Crippen molar-refractivity contribution >= 4 is 16.8 Å². The Kier molecular flexibility index (Phi) is 6.84. The maximum Gasteiger partial charge on any atom is 0.291 e. The molecule has 2 aromatic heterocycles. The minimum Gasteiger partial charge on any atom is -0.375 e. The molecule has 2 fully saturated rings. The average molecular weight is 485 g/mol. The van der Waals surface area contributed by atoms with Gasteiger partial charge in [-0.15, -0.1) is 0 Å². The van der Waals surface area contributed by atoms with Crippen LogP contribution in [0.1, 0.15) is 50.6 Å². The van der Waals surface area contributed by atoms with Gasteiger partial charge in [-0.1, -0.05) is 26.0 Å². The highest BCUT2D eigenvalue weighted by Crippen LogP contribution is 2.29. The number of hydrogen-bond donors (Lipinski definition) is 0. The van der Waals surface area contributed by atoms with Gasteiger partial charge in [0.2, 0.25) is 11.8 Å². The van der Waals surface area contributed by atoms with Crippen molar-refractivity contribution in [2.75, 3.05) is 39.9 Å². The number of carbonyl (C=O) groups is 1. The van der Waals surface area contributed by atoms with Gasteiger partial charge in [-0.2, -0.15) is 14.8 Å². The highest BCUT2D eigenvalue weighted by molar-refractivity contribution is 5.84. The molecule has 10 heteroatoms. The molecule has 35 heavy (non-hydrogen) atoms. The van der Waals surface area contributed by atoms with E-state index < -0.39 is 0 Å². The normalized spacial score (nSPS) is 19.9. The number of amides is 1. The largest absolute Gasteiger partial charge is 0.375 e. The Morgan fingerprint density at radius 2 is 2.03 bits per heavy atom. The van der Waals surface area contributed by atoms with E-state index in [1.165, 1.54) is 10.7 Å². The highest BCUT2D eigenvalue weighted by atomic mass is 19.1. The van der Waals surface area contributed by atoms with Crippen LogP contribution in [-0.4, -0.2) is 81.6 Å². The van der Waals surface area contributed by atoms with Crippen molar-refractivity contribution in [1.82, 2.24) is 29.7 Å². The van der Waals surface area contributed by atoms with Gasteiger partial charge in [0, 0.05) is 44.6 Å². The number of piperidine rings is 1. The first kappa shape index (κ1) is 23.9. The maximum absolute atomic E-state index is 14.7. The van der Waals surface area contributed by atoms with E-state index in [-0.39, 0.29) is 30.2 Å². The first-order valence-electron chi connectivity index (χ1n) is 12.5. The summed E-state index contributed by atoms with van der Waals surface area (Å²) < 4.78 is 26.7. The Labute approximate surface area is 204 Å². The molecule has 1 amide bonds. The number of likely N-dealkylation sites (tertiary alicyclic amines) is 2. The summed E-state index contributed by atoms with van der Waals surface area (Å²) in [5.74, 6) is 1.11. The average Bonchev–Trinajstić information content (AvgIpc) is 3.58. The monoisotopic (exact) mass is 484 g/mol. The Morgan fingerprint density at radius 1 is 1.23 bits per heavy atom. The van der Waals surface area contributed by atoms with Crippen LogP contribution in [0, 0.1) is 11.7 Å². The molecule has 2 aliphatic rings. The molecule has 0 saturated carbocycles. The van der Waals surface area contributed by atoms with E-state index in [0.29, 0.717) is 29.8 Å². The summed E-state index contributed by atoms with van der Waals surface area (Å²) >= 11 is 0. The molecule has 1 atom stereocenters. The predicted octanol–water partition coefficient (Wildman–Crippen LogP) is 3.17. The SMILES string of the molecule is COCC(=O)N1CCC(N2CCC(Cc3nc(-n4nc(C(C)C)c5cccc(F)c54)no3)C2)CC1. The third kappa shape index (κ3) is 4.81. The van der Waals surface area contributed by atoms with Crippen LogP contribution in [0.15, 0.2) is 22.7 Å². The molecule has 0 spiro atoms. The quantitative estimate of drug-likeness (QED) is 0.509. The van der Waals surface area contributed by atoms with E-state index in [9.17, 15) is 9.18 Å². The number of methoxy groups -OCH3 is 1. The van der Waals surface area contributed by atoms with E-state index in [4.69, 9.17) is 9.26 Å². The van der Waals surface area contributed by atoms with Crippen LogP contribution >= 0.6 is 0 Å². The Morgan fingerprint density at radius 3 is 2.77 bits per heavy atom. The summed E-state index contributed by atoms with van der Waals surface area (Å²) in [6, 6.07) is 5.50. The van der Waals surface area contributed by atoms with Crippen molar-refractivity contribution in [3.8, 4) is 5.95 Å². The van der Waals surface area contributed by atoms with Crippen LogP contribution in [0.3, 0.4) is 0 Å². The molecule has 2 saturated heterocycles. The Bertz CT molecular complexity index is 1180. The molecule has 0 aliphatic carbocycles. The minimum atomic E-state index is -0.352. The third-order valence-corrected chi connectivity index (χ3v) is 7.26. The Balaban J connectivity index is 1.22. The summed E-state index contributed by atoms with van der Waals surface area (Å²) in [4.78, 5) is 21.1. The zero-order valence-electron chi connectivity index (χ0n) is 20.6. The molecule has 9 nitrogen and oxygen atoms in total. The number of aromatic nitrogens is 4. The molecular weight excluding hydrogens is 451 g/mol. The van der Waals surface area contributed by atoms with Crippen LogP contribution in [0.4, 0.5) is 4.39 Å². The van der Waals surface area contributed by atoms with Crippen LogP contribution in [0.5, 0.6) is 0 Å². The standard InChI is InChI=1S/C25H33FN6O3/c1-16(2)23-19-5-4-6-20(26)24(19)32(28-23)25-27-21(35-29-25)13-17-7-10-31(14-17)18-8-11-30(12-9-18)22(33)15-34-3/h4-6,16-18H,7-15H2,1-3H3. The maximum atomic E-state index is 14.7. The van der Waals surface area contributed by atoms with Gasteiger partial charge < -0.3 is 14.2 Å². The van der Waals surface area contributed by atoms with Gasteiger partial charge in [0.15, 0.2) is 0 Å². The van der Waals surface area contributed by atoms with E-state index in [1.54, 1.807) is 13.2 Å². The van der Waals surface area contributed by atoms with Crippen LogP contribution < -0.4 is 0 Å². The van der Waals surface area contributed by atoms with Gasteiger partial charge >= 0.3 is 0 Å². The Hall–Kier alpha value is -2.85. The molecular formula is C25H33FN6O3. The molecule has 0 N–H and O–H groups in total. The second-order valence-corrected chi connectivity index (χ2v) is 9.97. The zero-order chi connectivity index (χ0) is 24.5. The van der Waals surface area contributed by atoms with Gasteiger partial charge in [0.25, 0.3) is 5.95 Å². The van der Waals surface area contributed by atoms with Crippen molar-refractivity contribution in [1.29, 1.82) is 0 Å². The third-order valence-electron chi connectivity index (χ3n) is 7.26.